The number of para-hydroxylation sites is 1. The molecule has 0 radical (unpaired) electrons. The Morgan fingerprint density at radius 1 is 0.889 bits per heavy atom. The van der Waals surface area contributed by atoms with Gasteiger partial charge in [-0.05, 0) is 55.6 Å². The van der Waals surface area contributed by atoms with Gasteiger partial charge in [-0.3, -0.25) is 4.90 Å². The Hall–Kier alpha value is -2.24. The van der Waals surface area contributed by atoms with Gasteiger partial charge < -0.3 is 19.5 Å². The lowest BCUT2D eigenvalue weighted by Gasteiger charge is -2.36. The minimum Gasteiger partial charge on any atom is -0.454 e. The van der Waals surface area contributed by atoms with Gasteiger partial charge in [0.15, 0.2) is 11.5 Å². The zero-order chi connectivity index (χ0) is 18.5. The van der Waals surface area contributed by atoms with Gasteiger partial charge >= 0.3 is 0 Å². The third-order valence-corrected chi connectivity index (χ3v) is 5.48. The zero-order valence-corrected chi connectivity index (χ0v) is 15.7. The van der Waals surface area contributed by atoms with Gasteiger partial charge in [0.2, 0.25) is 6.79 Å². The molecule has 0 aromatic heterocycles. The molecule has 2 aliphatic rings. The van der Waals surface area contributed by atoms with Crippen LogP contribution in [0.1, 0.15) is 30.9 Å². The largest absolute Gasteiger partial charge is 0.454 e. The van der Waals surface area contributed by atoms with Crippen LogP contribution < -0.4 is 14.4 Å². The van der Waals surface area contributed by atoms with Crippen molar-refractivity contribution in [1.82, 2.24) is 4.90 Å². The number of aliphatic hydroxyl groups excluding tert-OH is 1. The first-order valence-corrected chi connectivity index (χ1v) is 9.89. The smallest absolute Gasteiger partial charge is 0.231 e. The van der Waals surface area contributed by atoms with Crippen LogP contribution in [0, 0.1) is 0 Å². The number of ether oxygens (including phenoxy) is 2. The lowest BCUT2D eigenvalue weighted by Crippen LogP contribution is -2.46. The molecule has 2 aliphatic heterocycles. The summed E-state index contributed by atoms with van der Waals surface area (Å²) in [4.78, 5) is 4.99. The summed E-state index contributed by atoms with van der Waals surface area (Å²) in [5.74, 6) is 1.50. The van der Waals surface area contributed by atoms with Crippen molar-refractivity contribution < 1.29 is 14.6 Å². The van der Waals surface area contributed by atoms with E-state index in [2.05, 4.69) is 40.1 Å². The minimum absolute atomic E-state index is 0.270. The third kappa shape index (κ3) is 4.54. The number of piperazine rings is 1. The molecule has 1 saturated heterocycles. The fourth-order valence-corrected chi connectivity index (χ4v) is 3.83. The van der Waals surface area contributed by atoms with Crippen molar-refractivity contribution >= 4 is 5.69 Å². The highest BCUT2D eigenvalue weighted by Gasteiger charge is 2.18. The molecule has 5 nitrogen and oxygen atoms in total. The minimum atomic E-state index is -0.436. The SMILES string of the molecule is OC(CCCCN1CCN(c2ccccc2)CC1)c1ccc2c(c1)OCO2. The molecule has 4 rings (SSSR count). The van der Waals surface area contributed by atoms with Crippen molar-refractivity contribution in [2.75, 3.05) is 44.4 Å². The van der Waals surface area contributed by atoms with Crippen LogP contribution in [0.5, 0.6) is 11.5 Å². The Bertz CT molecular complexity index is 730. The monoisotopic (exact) mass is 368 g/mol. The zero-order valence-electron chi connectivity index (χ0n) is 15.7. The predicted octanol–water partition coefficient (Wildman–Crippen LogP) is 3.44. The average Bonchev–Trinajstić information content (AvgIpc) is 3.20. The number of rotatable bonds is 7. The molecule has 27 heavy (non-hydrogen) atoms. The molecule has 144 valence electrons. The van der Waals surface area contributed by atoms with Gasteiger partial charge in [0.05, 0.1) is 6.10 Å². The van der Waals surface area contributed by atoms with Gasteiger partial charge in [-0.2, -0.15) is 0 Å². The van der Waals surface area contributed by atoms with Crippen molar-refractivity contribution in [1.29, 1.82) is 0 Å². The van der Waals surface area contributed by atoms with Crippen LogP contribution in [0.25, 0.3) is 0 Å². The van der Waals surface area contributed by atoms with E-state index >= 15 is 0 Å². The summed E-state index contributed by atoms with van der Waals surface area (Å²) >= 11 is 0. The predicted molar refractivity (Wildman–Crippen MR) is 106 cm³/mol. The lowest BCUT2D eigenvalue weighted by atomic mass is 10.0. The van der Waals surface area contributed by atoms with Crippen molar-refractivity contribution in [2.24, 2.45) is 0 Å². The van der Waals surface area contributed by atoms with Gasteiger partial charge in [0.1, 0.15) is 0 Å². The van der Waals surface area contributed by atoms with Crippen molar-refractivity contribution in [2.45, 2.75) is 25.4 Å². The Labute approximate surface area is 161 Å². The number of anilines is 1. The van der Waals surface area contributed by atoms with E-state index < -0.39 is 6.10 Å². The van der Waals surface area contributed by atoms with Crippen molar-refractivity contribution in [3.05, 3.63) is 54.1 Å². The van der Waals surface area contributed by atoms with Crippen LogP contribution in [0.15, 0.2) is 48.5 Å². The van der Waals surface area contributed by atoms with E-state index in [1.165, 1.54) is 5.69 Å². The maximum atomic E-state index is 10.4. The van der Waals surface area contributed by atoms with E-state index in [0.717, 1.165) is 69.0 Å². The Balaban J connectivity index is 1.16. The van der Waals surface area contributed by atoms with Gasteiger partial charge in [-0.1, -0.05) is 24.3 Å². The number of aliphatic hydroxyl groups is 1. The maximum absolute atomic E-state index is 10.4. The molecule has 2 aromatic rings. The molecule has 0 aliphatic carbocycles. The number of benzene rings is 2. The second-order valence-corrected chi connectivity index (χ2v) is 7.29. The Morgan fingerprint density at radius 2 is 1.67 bits per heavy atom. The quantitative estimate of drug-likeness (QED) is 0.759. The first-order valence-electron chi connectivity index (χ1n) is 9.89. The molecular formula is C22H28N2O3. The Kier molecular flexibility index (Phi) is 5.80. The van der Waals surface area contributed by atoms with Crippen LogP contribution in [0.3, 0.4) is 0 Å². The molecule has 0 saturated carbocycles. The first-order chi connectivity index (χ1) is 13.3. The number of unbranched alkanes of at least 4 members (excludes halogenated alkanes) is 1. The average molecular weight is 368 g/mol. The summed E-state index contributed by atoms with van der Waals surface area (Å²) in [5.41, 5.74) is 2.24. The summed E-state index contributed by atoms with van der Waals surface area (Å²) in [5, 5.41) is 10.4. The van der Waals surface area contributed by atoms with E-state index in [1.807, 2.05) is 18.2 Å². The van der Waals surface area contributed by atoms with Crippen molar-refractivity contribution in [3.63, 3.8) is 0 Å². The fourth-order valence-electron chi connectivity index (χ4n) is 3.83. The molecule has 1 unspecified atom stereocenters. The number of hydrogen-bond donors (Lipinski definition) is 1. The lowest BCUT2D eigenvalue weighted by molar-refractivity contribution is 0.159. The van der Waals surface area contributed by atoms with Crippen LogP contribution in [-0.2, 0) is 0 Å². The molecule has 1 atom stereocenters. The number of fused-ring (bicyclic) bond motifs is 1. The van der Waals surface area contributed by atoms with Crippen LogP contribution in [-0.4, -0.2) is 49.5 Å². The van der Waals surface area contributed by atoms with Crippen LogP contribution >= 0.6 is 0 Å². The van der Waals surface area contributed by atoms with E-state index in [-0.39, 0.29) is 6.79 Å². The highest BCUT2D eigenvalue weighted by Crippen LogP contribution is 2.35. The van der Waals surface area contributed by atoms with Crippen LogP contribution in [0.4, 0.5) is 5.69 Å². The van der Waals surface area contributed by atoms with E-state index in [1.54, 1.807) is 0 Å². The van der Waals surface area contributed by atoms with E-state index in [0.29, 0.717) is 0 Å². The van der Waals surface area contributed by atoms with Gasteiger partial charge in [0.25, 0.3) is 0 Å². The molecule has 0 spiro atoms. The summed E-state index contributed by atoms with van der Waals surface area (Å²) in [6.45, 7) is 5.77. The second-order valence-electron chi connectivity index (χ2n) is 7.29. The highest BCUT2D eigenvalue weighted by atomic mass is 16.7. The molecule has 2 heterocycles. The maximum Gasteiger partial charge on any atom is 0.231 e. The first kappa shape index (κ1) is 18.1. The summed E-state index contributed by atoms with van der Waals surface area (Å²) < 4.78 is 10.7. The third-order valence-electron chi connectivity index (χ3n) is 5.48. The van der Waals surface area contributed by atoms with E-state index in [4.69, 9.17) is 9.47 Å². The summed E-state index contributed by atoms with van der Waals surface area (Å²) in [6.07, 6.45) is 2.49. The molecule has 1 N–H and O–H groups in total. The van der Waals surface area contributed by atoms with Gasteiger partial charge in [-0.15, -0.1) is 0 Å². The highest BCUT2D eigenvalue weighted by molar-refractivity contribution is 5.46. The topological polar surface area (TPSA) is 45.2 Å². The van der Waals surface area contributed by atoms with E-state index in [9.17, 15) is 5.11 Å². The molecule has 5 heteroatoms. The second kappa shape index (κ2) is 8.63. The summed E-state index contributed by atoms with van der Waals surface area (Å²) in [6, 6.07) is 16.4. The summed E-state index contributed by atoms with van der Waals surface area (Å²) in [7, 11) is 0. The van der Waals surface area contributed by atoms with Crippen molar-refractivity contribution in [3.8, 4) is 11.5 Å². The molecule has 0 amide bonds. The molecular weight excluding hydrogens is 340 g/mol. The molecule has 2 aromatic carbocycles. The van der Waals surface area contributed by atoms with Gasteiger partial charge in [0, 0.05) is 31.9 Å². The standard InChI is InChI=1S/C22H28N2O3/c25-20(18-9-10-21-22(16-18)27-17-26-21)8-4-5-11-23-12-14-24(15-13-23)19-6-2-1-3-7-19/h1-3,6-7,9-10,16,20,25H,4-5,8,11-15,17H2. The molecule has 0 bridgehead atoms. The van der Waals surface area contributed by atoms with Gasteiger partial charge in [-0.25, -0.2) is 0 Å². The normalized spacial score (nSPS) is 17.9. The molecule has 1 fully saturated rings. The number of hydrogen-bond acceptors (Lipinski definition) is 5. The Morgan fingerprint density at radius 3 is 2.48 bits per heavy atom. The fraction of sp³-hybridized carbons (Fsp3) is 0.455. The number of nitrogens with zero attached hydrogens (tertiary/aromatic N) is 2. The van der Waals surface area contributed by atoms with Crippen LogP contribution in [0.2, 0.25) is 0 Å².